The Kier molecular flexibility index (Phi) is 7.30. The highest BCUT2D eigenvalue weighted by Crippen LogP contribution is 2.24. The maximum absolute atomic E-state index is 13.0. The molecular formula is C25H32N4O2. The monoisotopic (exact) mass is 420 g/mol. The summed E-state index contributed by atoms with van der Waals surface area (Å²) in [5.74, 6) is 0.727. The second-order valence-corrected chi connectivity index (χ2v) is 8.69. The van der Waals surface area contributed by atoms with E-state index >= 15 is 0 Å². The maximum atomic E-state index is 13.0. The number of aromatic nitrogens is 1. The van der Waals surface area contributed by atoms with Gasteiger partial charge in [-0.3, -0.25) is 19.5 Å². The lowest BCUT2D eigenvalue weighted by Gasteiger charge is -2.37. The van der Waals surface area contributed by atoms with Crippen molar-refractivity contribution in [1.29, 1.82) is 0 Å². The zero-order valence-electron chi connectivity index (χ0n) is 18.1. The van der Waals surface area contributed by atoms with Gasteiger partial charge in [-0.2, -0.15) is 0 Å². The molecule has 0 radical (unpaired) electrons. The summed E-state index contributed by atoms with van der Waals surface area (Å²) in [7, 11) is 0. The number of pyridine rings is 1. The number of hydrogen-bond donors (Lipinski definition) is 1. The normalized spacial score (nSPS) is 20.5. The molecule has 2 aliphatic rings. The van der Waals surface area contributed by atoms with Crippen LogP contribution in [0, 0.1) is 5.92 Å². The first-order chi connectivity index (χ1) is 15.2. The molecule has 2 aliphatic heterocycles. The molecule has 0 aliphatic carbocycles. The summed E-state index contributed by atoms with van der Waals surface area (Å²) in [6.07, 6.45) is 8.20. The van der Waals surface area contributed by atoms with E-state index in [2.05, 4.69) is 45.5 Å². The molecule has 1 atom stereocenters. The van der Waals surface area contributed by atoms with E-state index in [1.54, 1.807) is 6.20 Å². The highest BCUT2D eigenvalue weighted by atomic mass is 16.2. The van der Waals surface area contributed by atoms with Crippen LogP contribution in [-0.4, -0.2) is 58.8 Å². The topological polar surface area (TPSA) is 65.5 Å². The van der Waals surface area contributed by atoms with Crippen molar-refractivity contribution in [2.24, 2.45) is 5.92 Å². The van der Waals surface area contributed by atoms with Gasteiger partial charge in [0.25, 0.3) is 0 Å². The molecule has 31 heavy (non-hydrogen) atoms. The number of benzene rings is 1. The first kappa shape index (κ1) is 21.5. The summed E-state index contributed by atoms with van der Waals surface area (Å²) in [5, 5.41) is 2.93. The highest BCUT2D eigenvalue weighted by molar-refractivity contribution is 5.88. The molecule has 0 saturated carbocycles. The first-order valence-corrected chi connectivity index (χ1v) is 11.4. The standard InChI is InChI=1S/C25H32N4O2/c30-24(28-14-10-21(11-15-28)9-8-20-5-2-1-3-6-20)17-23-25(31)27-13-16-29(23)19-22-7-4-12-26-18-22/h1-7,12,18,21,23H,8-11,13-17,19H2,(H,27,31). The van der Waals surface area contributed by atoms with Gasteiger partial charge in [0.15, 0.2) is 0 Å². The number of nitrogens with zero attached hydrogens (tertiary/aromatic N) is 3. The Bertz CT molecular complexity index is 850. The molecule has 4 rings (SSSR count). The first-order valence-electron chi connectivity index (χ1n) is 11.4. The van der Waals surface area contributed by atoms with Crippen LogP contribution >= 0.6 is 0 Å². The lowest BCUT2D eigenvalue weighted by atomic mass is 9.90. The van der Waals surface area contributed by atoms with Crippen molar-refractivity contribution in [3.05, 3.63) is 66.0 Å². The second-order valence-electron chi connectivity index (χ2n) is 8.69. The number of piperazine rings is 1. The molecule has 2 aromatic rings. The van der Waals surface area contributed by atoms with Crippen LogP contribution < -0.4 is 5.32 Å². The fourth-order valence-corrected chi connectivity index (χ4v) is 4.68. The summed E-state index contributed by atoms with van der Waals surface area (Å²) < 4.78 is 0. The van der Waals surface area contributed by atoms with Gasteiger partial charge >= 0.3 is 0 Å². The Morgan fingerprint density at radius 1 is 1.03 bits per heavy atom. The van der Waals surface area contributed by atoms with E-state index in [4.69, 9.17) is 0 Å². The predicted octanol–water partition coefficient (Wildman–Crippen LogP) is 2.64. The van der Waals surface area contributed by atoms with Crippen molar-refractivity contribution in [2.75, 3.05) is 26.2 Å². The molecule has 2 fully saturated rings. The Morgan fingerprint density at radius 3 is 2.55 bits per heavy atom. The Labute approximate surface area is 184 Å². The summed E-state index contributed by atoms with van der Waals surface area (Å²) >= 11 is 0. The van der Waals surface area contributed by atoms with Gasteiger partial charge in [0, 0.05) is 45.1 Å². The van der Waals surface area contributed by atoms with Gasteiger partial charge < -0.3 is 10.2 Å². The van der Waals surface area contributed by atoms with Crippen LogP contribution in [0.15, 0.2) is 54.9 Å². The largest absolute Gasteiger partial charge is 0.353 e. The number of carbonyl (C=O) groups is 2. The molecule has 6 nitrogen and oxygen atoms in total. The Balaban J connectivity index is 1.27. The van der Waals surface area contributed by atoms with Gasteiger partial charge in [0.2, 0.25) is 11.8 Å². The van der Waals surface area contributed by atoms with Crippen LogP contribution in [0.25, 0.3) is 0 Å². The van der Waals surface area contributed by atoms with Gasteiger partial charge in [0.1, 0.15) is 0 Å². The van der Waals surface area contributed by atoms with Crippen LogP contribution in [-0.2, 0) is 22.6 Å². The summed E-state index contributed by atoms with van der Waals surface area (Å²) in [5.41, 5.74) is 2.45. The predicted molar refractivity (Wildman–Crippen MR) is 120 cm³/mol. The molecule has 1 N–H and O–H groups in total. The molecule has 6 heteroatoms. The van der Waals surface area contributed by atoms with Crippen molar-refractivity contribution in [2.45, 2.75) is 44.7 Å². The summed E-state index contributed by atoms with van der Waals surface area (Å²) in [4.78, 5) is 33.8. The summed E-state index contributed by atoms with van der Waals surface area (Å²) in [6.45, 7) is 3.61. The van der Waals surface area contributed by atoms with Crippen molar-refractivity contribution in [3.63, 3.8) is 0 Å². The molecular weight excluding hydrogens is 388 g/mol. The minimum Gasteiger partial charge on any atom is -0.353 e. The molecule has 1 unspecified atom stereocenters. The number of amides is 2. The van der Waals surface area contributed by atoms with Crippen LogP contribution in [0.3, 0.4) is 0 Å². The quantitative estimate of drug-likeness (QED) is 0.748. The molecule has 0 bridgehead atoms. The highest BCUT2D eigenvalue weighted by Gasteiger charge is 2.33. The van der Waals surface area contributed by atoms with Crippen molar-refractivity contribution in [3.8, 4) is 0 Å². The number of aryl methyl sites for hydroxylation is 1. The molecule has 3 heterocycles. The number of piperidine rings is 1. The van der Waals surface area contributed by atoms with Crippen LogP contribution in [0.4, 0.5) is 0 Å². The zero-order valence-corrected chi connectivity index (χ0v) is 18.1. The zero-order chi connectivity index (χ0) is 21.5. The number of hydrogen-bond acceptors (Lipinski definition) is 4. The number of nitrogens with one attached hydrogen (secondary N) is 1. The van der Waals surface area contributed by atoms with Gasteiger partial charge in [-0.15, -0.1) is 0 Å². The average Bonchev–Trinajstić information content (AvgIpc) is 2.81. The van der Waals surface area contributed by atoms with Crippen molar-refractivity contribution < 1.29 is 9.59 Å². The van der Waals surface area contributed by atoms with E-state index in [0.717, 1.165) is 44.5 Å². The SMILES string of the molecule is O=C1NCCN(Cc2cccnc2)C1CC(=O)N1CCC(CCc2ccccc2)CC1. The minimum absolute atomic E-state index is 0.0405. The van der Waals surface area contributed by atoms with E-state index in [1.807, 2.05) is 23.2 Å². The Hall–Kier alpha value is -2.73. The molecule has 1 aromatic heterocycles. The smallest absolute Gasteiger partial charge is 0.237 e. The van der Waals surface area contributed by atoms with Gasteiger partial charge in [-0.25, -0.2) is 0 Å². The minimum atomic E-state index is -0.405. The lowest BCUT2D eigenvalue weighted by molar-refractivity contribution is -0.140. The third-order valence-electron chi connectivity index (χ3n) is 6.57. The van der Waals surface area contributed by atoms with Crippen molar-refractivity contribution >= 4 is 11.8 Å². The third kappa shape index (κ3) is 5.91. The maximum Gasteiger partial charge on any atom is 0.237 e. The number of likely N-dealkylation sites (tertiary alicyclic amines) is 1. The fourth-order valence-electron chi connectivity index (χ4n) is 4.68. The lowest BCUT2D eigenvalue weighted by Crippen LogP contribution is -2.56. The molecule has 164 valence electrons. The van der Waals surface area contributed by atoms with E-state index in [1.165, 1.54) is 12.0 Å². The van der Waals surface area contributed by atoms with Gasteiger partial charge in [0.05, 0.1) is 12.5 Å². The second kappa shape index (κ2) is 10.5. The fraction of sp³-hybridized carbons (Fsp3) is 0.480. The number of rotatable bonds is 7. The molecule has 2 saturated heterocycles. The van der Waals surface area contributed by atoms with E-state index < -0.39 is 6.04 Å². The van der Waals surface area contributed by atoms with Crippen molar-refractivity contribution in [1.82, 2.24) is 20.1 Å². The third-order valence-corrected chi connectivity index (χ3v) is 6.57. The van der Waals surface area contributed by atoms with Crippen LogP contribution in [0.2, 0.25) is 0 Å². The van der Waals surface area contributed by atoms with Crippen LogP contribution in [0.5, 0.6) is 0 Å². The van der Waals surface area contributed by atoms with Gasteiger partial charge in [-0.05, 0) is 48.8 Å². The van der Waals surface area contributed by atoms with E-state index in [-0.39, 0.29) is 18.2 Å². The number of carbonyl (C=O) groups excluding carboxylic acids is 2. The van der Waals surface area contributed by atoms with E-state index in [0.29, 0.717) is 19.0 Å². The average molecular weight is 421 g/mol. The van der Waals surface area contributed by atoms with Gasteiger partial charge in [-0.1, -0.05) is 36.4 Å². The molecule has 0 spiro atoms. The molecule has 1 aromatic carbocycles. The van der Waals surface area contributed by atoms with E-state index in [9.17, 15) is 9.59 Å². The Morgan fingerprint density at radius 2 is 1.81 bits per heavy atom. The molecule has 2 amide bonds. The summed E-state index contributed by atoms with van der Waals surface area (Å²) in [6, 6.07) is 14.1. The van der Waals surface area contributed by atoms with Crippen LogP contribution in [0.1, 0.15) is 36.8 Å².